The molecule has 2 N–H and O–H groups in total. The number of amides is 2. The Morgan fingerprint density at radius 3 is 2.50 bits per heavy atom. The van der Waals surface area contributed by atoms with Gasteiger partial charge in [-0.05, 0) is 37.8 Å². The van der Waals surface area contributed by atoms with Gasteiger partial charge < -0.3 is 10.6 Å². The van der Waals surface area contributed by atoms with Gasteiger partial charge >= 0.3 is 0 Å². The summed E-state index contributed by atoms with van der Waals surface area (Å²) in [6.07, 6.45) is 2.28. The third kappa shape index (κ3) is 3.38. The maximum Gasteiger partial charge on any atom is 0.222 e. The lowest BCUT2D eigenvalue weighted by Gasteiger charge is -2.21. The van der Waals surface area contributed by atoms with Crippen molar-refractivity contribution < 1.29 is 9.59 Å². The van der Waals surface area contributed by atoms with Crippen molar-refractivity contribution in [2.75, 3.05) is 0 Å². The smallest absolute Gasteiger partial charge is 0.222 e. The fourth-order valence-corrected chi connectivity index (χ4v) is 2.69. The fraction of sp³-hybridized carbons (Fsp3) is 0.500. The lowest BCUT2D eigenvalue weighted by atomic mass is 9.99. The van der Waals surface area contributed by atoms with Crippen LogP contribution in [0.1, 0.15) is 44.2 Å². The van der Waals surface area contributed by atoms with Gasteiger partial charge in [0, 0.05) is 19.4 Å². The average molecular weight is 274 g/mol. The molecule has 20 heavy (non-hydrogen) atoms. The van der Waals surface area contributed by atoms with Crippen LogP contribution in [0.25, 0.3) is 0 Å². The van der Waals surface area contributed by atoms with Crippen molar-refractivity contribution in [3.63, 3.8) is 0 Å². The van der Waals surface area contributed by atoms with Crippen LogP contribution in [-0.4, -0.2) is 17.9 Å². The molecule has 2 amide bonds. The molecule has 1 aliphatic rings. The molecule has 0 saturated heterocycles. The van der Waals surface area contributed by atoms with Crippen molar-refractivity contribution in [2.45, 2.75) is 51.6 Å². The molecule has 1 saturated carbocycles. The zero-order valence-corrected chi connectivity index (χ0v) is 12.3. The van der Waals surface area contributed by atoms with E-state index in [1.807, 2.05) is 19.1 Å². The van der Waals surface area contributed by atoms with Gasteiger partial charge in [-0.2, -0.15) is 0 Å². The SMILES string of the molecule is CC(=O)N[C@H](C)CC(=O)NC1(c2ccccc2C)CC1. The summed E-state index contributed by atoms with van der Waals surface area (Å²) in [6.45, 7) is 5.37. The van der Waals surface area contributed by atoms with E-state index >= 15 is 0 Å². The number of rotatable bonds is 5. The van der Waals surface area contributed by atoms with Crippen LogP contribution in [0.15, 0.2) is 24.3 Å². The van der Waals surface area contributed by atoms with Crippen LogP contribution in [0, 0.1) is 6.92 Å². The van der Waals surface area contributed by atoms with Gasteiger partial charge in [-0.15, -0.1) is 0 Å². The summed E-state index contributed by atoms with van der Waals surface area (Å²) < 4.78 is 0. The van der Waals surface area contributed by atoms with Gasteiger partial charge in [-0.3, -0.25) is 9.59 Å². The second-order valence-electron chi connectivity index (χ2n) is 5.75. The molecule has 1 fully saturated rings. The van der Waals surface area contributed by atoms with Crippen LogP contribution in [0.2, 0.25) is 0 Å². The largest absolute Gasteiger partial charge is 0.353 e. The van der Waals surface area contributed by atoms with Crippen LogP contribution in [0.5, 0.6) is 0 Å². The first-order valence-electron chi connectivity index (χ1n) is 7.07. The lowest BCUT2D eigenvalue weighted by molar-refractivity contribution is -0.123. The predicted octanol–water partition coefficient (Wildman–Crippen LogP) is 2.02. The second kappa shape index (κ2) is 5.65. The Balaban J connectivity index is 1.98. The van der Waals surface area contributed by atoms with E-state index in [4.69, 9.17) is 0 Å². The zero-order chi connectivity index (χ0) is 14.8. The Bertz CT molecular complexity index is 521. The molecule has 1 aromatic rings. The summed E-state index contributed by atoms with van der Waals surface area (Å²) in [5.74, 6) is -0.114. The summed E-state index contributed by atoms with van der Waals surface area (Å²) in [6, 6.07) is 8.03. The summed E-state index contributed by atoms with van der Waals surface area (Å²) in [7, 11) is 0. The maximum atomic E-state index is 12.1. The summed E-state index contributed by atoms with van der Waals surface area (Å²) >= 11 is 0. The van der Waals surface area contributed by atoms with Gasteiger partial charge in [0.2, 0.25) is 11.8 Å². The monoisotopic (exact) mass is 274 g/mol. The highest BCUT2D eigenvalue weighted by Gasteiger charge is 2.46. The Labute approximate surface area is 119 Å². The highest BCUT2D eigenvalue weighted by molar-refractivity contribution is 5.79. The van der Waals surface area contributed by atoms with Gasteiger partial charge in [0.25, 0.3) is 0 Å². The van der Waals surface area contributed by atoms with Crippen molar-refractivity contribution in [3.8, 4) is 0 Å². The van der Waals surface area contributed by atoms with Gasteiger partial charge in [-0.1, -0.05) is 24.3 Å². The molecule has 0 radical (unpaired) electrons. The molecule has 0 aliphatic heterocycles. The molecular weight excluding hydrogens is 252 g/mol. The minimum absolute atomic E-state index is 0.00740. The highest BCUT2D eigenvalue weighted by atomic mass is 16.2. The third-order valence-electron chi connectivity index (χ3n) is 3.73. The summed E-state index contributed by atoms with van der Waals surface area (Å²) in [4.78, 5) is 23.1. The predicted molar refractivity (Wildman–Crippen MR) is 78.1 cm³/mol. The average Bonchev–Trinajstić information content (AvgIpc) is 3.08. The third-order valence-corrected chi connectivity index (χ3v) is 3.73. The van der Waals surface area contributed by atoms with Gasteiger partial charge in [-0.25, -0.2) is 0 Å². The first-order valence-corrected chi connectivity index (χ1v) is 7.07. The maximum absolute atomic E-state index is 12.1. The molecule has 0 spiro atoms. The van der Waals surface area contributed by atoms with E-state index in [0.717, 1.165) is 12.8 Å². The topological polar surface area (TPSA) is 58.2 Å². The first kappa shape index (κ1) is 14.6. The van der Waals surface area contributed by atoms with E-state index in [0.29, 0.717) is 6.42 Å². The minimum atomic E-state index is -0.182. The molecule has 108 valence electrons. The van der Waals surface area contributed by atoms with Crippen molar-refractivity contribution in [1.82, 2.24) is 10.6 Å². The van der Waals surface area contributed by atoms with E-state index in [1.165, 1.54) is 18.1 Å². The number of carbonyl (C=O) groups excluding carboxylic acids is 2. The molecule has 0 heterocycles. The van der Waals surface area contributed by atoms with Crippen LogP contribution in [0.4, 0.5) is 0 Å². The minimum Gasteiger partial charge on any atom is -0.353 e. The summed E-state index contributed by atoms with van der Waals surface area (Å²) in [5, 5.41) is 5.87. The number of nitrogens with one attached hydrogen (secondary N) is 2. The molecule has 1 aliphatic carbocycles. The molecule has 4 nitrogen and oxygen atoms in total. The van der Waals surface area contributed by atoms with Crippen molar-refractivity contribution in [1.29, 1.82) is 0 Å². The van der Waals surface area contributed by atoms with Crippen molar-refractivity contribution in [2.24, 2.45) is 0 Å². The van der Waals surface area contributed by atoms with Crippen molar-refractivity contribution in [3.05, 3.63) is 35.4 Å². The summed E-state index contributed by atoms with van der Waals surface area (Å²) in [5.41, 5.74) is 2.24. The van der Waals surface area contributed by atoms with Crippen LogP contribution in [-0.2, 0) is 15.1 Å². The molecule has 0 unspecified atom stereocenters. The Kier molecular flexibility index (Phi) is 4.12. The Hall–Kier alpha value is -1.84. The standard InChI is InChI=1S/C16H22N2O2/c1-11-6-4-5-7-14(11)16(8-9-16)18-15(20)10-12(2)17-13(3)19/h4-7,12H,8-10H2,1-3H3,(H,17,19)(H,18,20)/t12-/m1/s1. The quantitative estimate of drug-likeness (QED) is 0.863. The van der Waals surface area contributed by atoms with Gasteiger partial charge in [0.1, 0.15) is 0 Å². The Morgan fingerprint density at radius 2 is 1.95 bits per heavy atom. The molecule has 0 aromatic heterocycles. The van der Waals surface area contributed by atoms with Crippen LogP contribution < -0.4 is 10.6 Å². The normalized spacial score (nSPS) is 17.1. The van der Waals surface area contributed by atoms with E-state index in [2.05, 4.69) is 29.7 Å². The van der Waals surface area contributed by atoms with E-state index in [1.54, 1.807) is 0 Å². The van der Waals surface area contributed by atoms with Gasteiger partial charge in [0.05, 0.1) is 5.54 Å². The second-order valence-corrected chi connectivity index (χ2v) is 5.75. The van der Waals surface area contributed by atoms with E-state index in [9.17, 15) is 9.59 Å². The lowest BCUT2D eigenvalue weighted by Crippen LogP contribution is -2.40. The fourth-order valence-electron chi connectivity index (χ4n) is 2.69. The Morgan fingerprint density at radius 1 is 1.30 bits per heavy atom. The molecule has 2 rings (SSSR count). The molecule has 4 heteroatoms. The van der Waals surface area contributed by atoms with Crippen molar-refractivity contribution >= 4 is 11.8 Å². The zero-order valence-electron chi connectivity index (χ0n) is 12.3. The number of aryl methyl sites for hydroxylation is 1. The molecule has 0 bridgehead atoms. The molecule has 1 atom stereocenters. The molecule has 1 aromatic carbocycles. The molecular formula is C16H22N2O2. The van der Waals surface area contributed by atoms with E-state index < -0.39 is 0 Å². The number of carbonyl (C=O) groups is 2. The van der Waals surface area contributed by atoms with Gasteiger partial charge in [0.15, 0.2) is 0 Å². The van der Waals surface area contributed by atoms with Crippen LogP contribution in [0.3, 0.4) is 0 Å². The van der Waals surface area contributed by atoms with E-state index in [-0.39, 0.29) is 23.4 Å². The van der Waals surface area contributed by atoms with Crippen LogP contribution >= 0.6 is 0 Å². The number of benzene rings is 1. The number of hydrogen-bond donors (Lipinski definition) is 2. The number of hydrogen-bond acceptors (Lipinski definition) is 2. The highest BCUT2D eigenvalue weighted by Crippen LogP contribution is 2.46. The first-order chi connectivity index (χ1) is 9.43.